The first kappa shape index (κ1) is 17.0. The zero-order chi connectivity index (χ0) is 17.9. The summed E-state index contributed by atoms with van der Waals surface area (Å²) in [5.41, 5.74) is 0. The lowest BCUT2D eigenvalue weighted by atomic mass is 9.97. The van der Waals surface area contributed by atoms with Crippen LogP contribution in [-0.2, 0) is 18.3 Å². The molecule has 26 heavy (non-hydrogen) atoms. The van der Waals surface area contributed by atoms with Crippen molar-refractivity contribution < 1.29 is 9.53 Å². The second kappa shape index (κ2) is 7.45. The maximum atomic E-state index is 12.8. The topological polar surface area (TPSA) is 81.3 Å². The number of aromatic nitrogens is 5. The predicted octanol–water partition coefficient (Wildman–Crippen LogP) is 0.692. The first-order chi connectivity index (χ1) is 12.7. The van der Waals surface area contributed by atoms with E-state index in [2.05, 4.69) is 19.9 Å². The van der Waals surface area contributed by atoms with Crippen LogP contribution >= 0.6 is 0 Å². The van der Waals surface area contributed by atoms with Gasteiger partial charge in [-0.1, -0.05) is 0 Å². The summed E-state index contributed by atoms with van der Waals surface area (Å²) >= 11 is 0. The first-order valence-corrected chi connectivity index (χ1v) is 9.19. The smallest absolute Gasteiger partial charge is 0.320 e. The summed E-state index contributed by atoms with van der Waals surface area (Å²) in [6, 6.07) is 2.02. The zero-order valence-electron chi connectivity index (χ0n) is 15.1. The molecule has 0 aromatic carbocycles. The van der Waals surface area contributed by atoms with Gasteiger partial charge in [0, 0.05) is 51.5 Å². The van der Waals surface area contributed by atoms with Crippen molar-refractivity contribution in [1.82, 2.24) is 34.3 Å². The lowest BCUT2D eigenvalue weighted by Crippen LogP contribution is -2.50. The quantitative estimate of drug-likeness (QED) is 0.805. The van der Waals surface area contributed by atoms with Crippen LogP contribution in [0.1, 0.15) is 30.4 Å². The van der Waals surface area contributed by atoms with Gasteiger partial charge in [-0.15, -0.1) is 10.2 Å². The summed E-state index contributed by atoms with van der Waals surface area (Å²) < 4.78 is 9.23. The Hall–Kier alpha value is -2.42. The van der Waals surface area contributed by atoms with Crippen molar-refractivity contribution in [2.24, 2.45) is 7.05 Å². The van der Waals surface area contributed by atoms with Crippen LogP contribution in [0.3, 0.4) is 0 Å². The molecule has 2 fully saturated rings. The summed E-state index contributed by atoms with van der Waals surface area (Å²) in [7, 11) is 2.00. The van der Waals surface area contributed by atoms with E-state index in [4.69, 9.17) is 4.74 Å². The van der Waals surface area contributed by atoms with Crippen LogP contribution in [0.4, 0.5) is 4.79 Å². The maximum absolute atomic E-state index is 12.8. The van der Waals surface area contributed by atoms with Gasteiger partial charge in [-0.05, 0) is 18.9 Å². The summed E-state index contributed by atoms with van der Waals surface area (Å²) in [5, 5.41) is 13.0. The summed E-state index contributed by atoms with van der Waals surface area (Å²) in [4.78, 5) is 16.6. The average Bonchev–Trinajstić information content (AvgIpc) is 3.33. The number of urea groups is 1. The number of hydrogen-bond acceptors (Lipinski definition) is 5. The Morgan fingerprint density at radius 1 is 1.23 bits per heavy atom. The van der Waals surface area contributed by atoms with Gasteiger partial charge in [0.25, 0.3) is 0 Å². The van der Waals surface area contributed by atoms with Crippen molar-refractivity contribution in [2.45, 2.75) is 25.3 Å². The molecule has 9 heteroatoms. The van der Waals surface area contributed by atoms with Crippen molar-refractivity contribution in [3.63, 3.8) is 0 Å². The fourth-order valence-electron chi connectivity index (χ4n) is 3.72. The van der Waals surface area contributed by atoms with Crippen molar-refractivity contribution in [3.05, 3.63) is 30.1 Å². The molecule has 0 aliphatic carbocycles. The van der Waals surface area contributed by atoms with E-state index in [1.807, 2.05) is 33.8 Å². The molecule has 4 heterocycles. The molecule has 2 aromatic heterocycles. The third-order valence-electron chi connectivity index (χ3n) is 5.20. The highest BCUT2D eigenvalue weighted by atomic mass is 16.5. The van der Waals surface area contributed by atoms with E-state index in [0.29, 0.717) is 39.4 Å². The van der Waals surface area contributed by atoms with Crippen LogP contribution in [0.25, 0.3) is 0 Å². The number of piperidine rings is 1. The number of carbonyl (C=O) groups excluding carboxylic acids is 1. The molecule has 2 amide bonds. The summed E-state index contributed by atoms with van der Waals surface area (Å²) in [5.74, 6) is 2.05. The number of hydrogen-bond donors (Lipinski definition) is 0. The van der Waals surface area contributed by atoms with E-state index in [1.165, 1.54) is 0 Å². The fraction of sp³-hybridized carbons (Fsp3) is 0.647. The summed E-state index contributed by atoms with van der Waals surface area (Å²) in [6.45, 7) is 4.72. The first-order valence-electron chi connectivity index (χ1n) is 9.19. The van der Waals surface area contributed by atoms with Gasteiger partial charge in [0.05, 0.1) is 13.2 Å². The van der Waals surface area contributed by atoms with Crippen molar-refractivity contribution >= 4 is 6.03 Å². The van der Waals surface area contributed by atoms with Crippen LogP contribution < -0.4 is 0 Å². The van der Waals surface area contributed by atoms with Crippen LogP contribution in [-0.4, -0.2) is 79.8 Å². The molecule has 0 unspecified atom stereocenters. The second-order valence-corrected chi connectivity index (χ2v) is 6.90. The number of amides is 2. The largest absolute Gasteiger partial charge is 0.378 e. The van der Waals surface area contributed by atoms with Crippen molar-refractivity contribution in [1.29, 1.82) is 0 Å². The molecule has 4 rings (SSSR count). The van der Waals surface area contributed by atoms with Crippen LogP contribution in [0, 0.1) is 0 Å². The minimum atomic E-state index is 0.122. The van der Waals surface area contributed by atoms with Gasteiger partial charge in [0.1, 0.15) is 12.4 Å². The number of morpholine rings is 1. The molecule has 140 valence electrons. The number of likely N-dealkylation sites (tertiary alicyclic amines) is 1. The van der Waals surface area contributed by atoms with Gasteiger partial charge < -0.3 is 19.1 Å². The predicted molar refractivity (Wildman–Crippen MR) is 93.7 cm³/mol. The van der Waals surface area contributed by atoms with E-state index in [1.54, 1.807) is 6.20 Å². The van der Waals surface area contributed by atoms with E-state index in [9.17, 15) is 4.79 Å². The van der Waals surface area contributed by atoms with Gasteiger partial charge >= 0.3 is 6.03 Å². The van der Waals surface area contributed by atoms with Crippen LogP contribution in [0.5, 0.6) is 0 Å². The second-order valence-electron chi connectivity index (χ2n) is 6.90. The monoisotopic (exact) mass is 359 g/mol. The van der Waals surface area contributed by atoms with Crippen LogP contribution in [0.15, 0.2) is 18.5 Å². The Morgan fingerprint density at radius 2 is 2.08 bits per heavy atom. The van der Waals surface area contributed by atoms with E-state index in [0.717, 1.165) is 31.0 Å². The van der Waals surface area contributed by atoms with E-state index in [-0.39, 0.29) is 11.9 Å². The van der Waals surface area contributed by atoms with Gasteiger partial charge in [-0.25, -0.2) is 4.79 Å². The Bertz CT molecular complexity index is 736. The highest BCUT2D eigenvalue weighted by molar-refractivity contribution is 5.74. The third kappa shape index (κ3) is 3.44. The number of nitrogens with zero attached hydrogens (tertiary/aromatic N) is 7. The molecule has 0 spiro atoms. The minimum Gasteiger partial charge on any atom is -0.378 e. The molecular formula is C17H25N7O2. The lowest BCUT2D eigenvalue weighted by Gasteiger charge is -2.37. The highest BCUT2D eigenvalue weighted by Gasteiger charge is 2.31. The van der Waals surface area contributed by atoms with Gasteiger partial charge in [-0.2, -0.15) is 5.10 Å². The number of ether oxygens (including phenoxy) is 1. The van der Waals surface area contributed by atoms with Crippen molar-refractivity contribution in [2.75, 3.05) is 39.4 Å². The molecule has 0 saturated carbocycles. The molecule has 2 saturated heterocycles. The van der Waals surface area contributed by atoms with Gasteiger partial charge in [0.15, 0.2) is 5.82 Å². The summed E-state index contributed by atoms with van der Waals surface area (Å²) in [6.07, 6.45) is 5.69. The third-order valence-corrected chi connectivity index (χ3v) is 5.20. The molecular weight excluding hydrogens is 334 g/mol. The zero-order valence-corrected chi connectivity index (χ0v) is 15.1. The molecule has 0 bridgehead atoms. The Morgan fingerprint density at radius 3 is 2.85 bits per heavy atom. The molecule has 2 aliphatic heterocycles. The van der Waals surface area contributed by atoms with E-state index >= 15 is 0 Å². The molecule has 2 aromatic rings. The molecule has 2 aliphatic rings. The average molecular weight is 359 g/mol. The highest BCUT2D eigenvalue weighted by Crippen LogP contribution is 2.26. The van der Waals surface area contributed by atoms with Crippen molar-refractivity contribution in [3.8, 4) is 0 Å². The normalized spacial score (nSPS) is 21.2. The Balaban J connectivity index is 1.44. The Kier molecular flexibility index (Phi) is 4.87. The number of carbonyl (C=O) groups is 1. The standard InChI is InChI=1S/C17H25N7O2/c1-21-15(13-24-7-3-5-18-24)19-20-16(21)14-4-2-6-23(12-14)17(25)22-8-10-26-11-9-22/h3,5,7,14H,2,4,6,8-13H2,1H3/t14-/m0/s1. The minimum absolute atomic E-state index is 0.122. The van der Waals surface area contributed by atoms with Crippen LogP contribution in [0.2, 0.25) is 0 Å². The SMILES string of the molecule is Cn1c(Cn2cccn2)nnc1[C@H]1CCCN(C(=O)N2CCOCC2)C1. The molecule has 0 N–H and O–H groups in total. The molecule has 0 radical (unpaired) electrons. The fourth-order valence-corrected chi connectivity index (χ4v) is 3.72. The lowest BCUT2D eigenvalue weighted by molar-refractivity contribution is 0.0407. The molecule has 9 nitrogen and oxygen atoms in total. The maximum Gasteiger partial charge on any atom is 0.320 e. The van der Waals surface area contributed by atoms with Gasteiger partial charge in [0.2, 0.25) is 0 Å². The molecule has 1 atom stereocenters. The van der Waals surface area contributed by atoms with E-state index < -0.39 is 0 Å². The Labute approximate surface area is 152 Å². The number of rotatable bonds is 3. The van der Waals surface area contributed by atoms with Gasteiger partial charge in [-0.3, -0.25) is 4.68 Å².